The van der Waals surface area contributed by atoms with Gasteiger partial charge in [0.2, 0.25) is 10.0 Å². The van der Waals surface area contributed by atoms with Crippen LogP contribution in [0.5, 0.6) is 0 Å². The topological polar surface area (TPSA) is 105 Å². The summed E-state index contributed by atoms with van der Waals surface area (Å²) in [5.74, 6) is -1.14. The molecule has 40 heavy (non-hydrogen) atoms. The van der Waals surface area contributed by atoms with Crippen LogP contribution in [0, 0.1) is 0 Å². The number of nitrogens with one attached hydrogen (secondary N) is 1. The third kappa shape index (κ3) is 6.52. The maximum atomic E-state index is 13.3. The molecule has 0 spiro atoms. The smallest absolute Gasteiger partial charge is 0.338 e. The molecular formula is C30H33N3O6S. The van der Waals surface area contributed by atoms with E-state index in [0.29, 0.717) is 30.9 Å². The van der Waals surface area contributed by atoms with Gasteiger partial charge in [-0.15, -0.1) is 0 Å². The first-order valence-electron chi connectivity index (χ1n) is 13.5. The van der Waals surface area contributed by atoms with Crippen molar-refractivity contribution in [3.8, 4) is 0 Å². The zero-order chi connectivity index (χ0) is 28.0. The molecule has 0 unspecified atom stereocenters. The second kappa shape index (κ2) is 12.6. The Bertz CT molecular complexity index is 1450. The van der Waals surface area contributed by atoms with Crippen LogP contribution in [0.4, 0.5) is 11.4 Å². The summed E-state index contributed by atoms with van der Waals surface area (Å²) in [6.07, 6.45) is 2.59. The van der Waals surface area contributed by atoms with Gasteiger partial charge in [0.25, 0.3) is 5.91 Å². The molecule has 1 amide bonds. The minimum atomic E-state index is -3.75. The lowest BCUT2D eigenvalue weighted by atomic mass is 10.00. The Kier molecular flexibility index (Phi) is 8.78. The van der Waals surface area contributed by atoms with Gasteiger partial charge >= 0.3 is 5.97 Å². The van der Waals surface area contributed by atoms with Crippen molar-refractivity contribution in [2.24, 2.45) is 0 Å². The number of anilines is 2. The highest BCUT2D eigenvalue weighted by Gasteiger charge is 2.28. The Morgan fingerprint density at radius 1 is 0.875 bits per heavy atom. The minimum absolute atomic E-state index is 0.0967. The normalized spacial score (nSPS) is 16.1. The first kappa shape index (κ1) is 27.8. The van der Waals surface area contributed by atoms with Gasteiger partial charge < -0.3 is 19.7 Å². The number of sulfonamides is 1. The molecule has 2 fully saturated rings. The maximum absolute atomic E-state index is 13.3. The zero-order valence-corrected chi connectivity index (χ0v) is 23.1. The van der Waals surface area contributed by atoms with E-state index < -0.39 is 28.5 Å². The Morgan fingerprint density at radius 2 is 1.57 bits per heavy atom. The van der Waals surface area contributed by atoms with Gasteiger partial charge in [-0.3, -0.25) is 4.79 Å². The fraction of sp³-hybridized carbons (Fsp3) is 0.333. The van der Waals surface area contributed by atoms with E-state index in [4.69, 9.17) is 9.47 Å². The second-order valence-electron chi connectivity index (χ2n) is 9.83. The monoisotopic (exact) mass is 563 g/mol. The molecule has 0 radical (unpaired) electrons. The molecule has 0 atom stereocenters. The highest BCUT2D eigenvalue weighted by molar-refractivity contribution is 7.89. The summed E-state index contributed by atoms with van der Waals surface area (Å²) in [6.45, 7) is 2.36. The van der Waals surface area contributed by atoms with Gasteiger partial charge in [0.15, 0.2) is 6.61 Å². The van der Waals surface area contributed by atoms with Gasteiger partial charge in [0.05, 0.1) is 35.0 Å². The lowest BCUT2D eigenvalue weighted by Gasteiger charge is -2.27. The molecule has 0 bridgehead atoms. The summed E-state index contributed by atoms with van der Waals surface area (Å²) < 4.78 is 38.6. The van der Waals surface area contributed by atoms with Crippen LogP contribution >= 0.6 is 0 Å². The second-order valence-corrected chi connectivity index (χ2v) is 11.8. The minimum Gasteiger partial charge on any atom is -0.452 e. The van der Waals surface area contributed by atoms with E-state index in [9.17, 15) is 18.0 Å². The third-order valence-corrected chi connectivity index (χ3v) is 9.00. The molecule has 1 N–H and O–H groups in total. The number of amides is 1. The van der Waals surface area contributed by atoms with Crippen LogP contribution in [-0.2, 0) is 30.7 Å². The van der Waals surface area contributed by atoms with E-state index >= 15 is 0 Å². The van der Waals surface area contributed by atoms with E-state index in [1.165, 1.54) is 10.4 Å². The number of nitrogens with zero attached hydrogens (tertiary/aromatic N) is 2. The highest BCUT2D eigenvalue weighted by Crippen LogP contribution is 2.32. The number of morpholine rings is 1. The Morgan fingerprint density at radius 3 is 2.33 bits per heavy atom. The number of rotatable bonds is 9. The molecule has 2 aliphatic rings. The largest absolute Gasteiger partial charge is 0.452 e. The average Bonchev–Trinajstić information content (AvgIpc) is 3.52. The van der Waals surface area contributed by atoms with Gasteiger partial charge in [-0.1, -0.05) is 48.5 Å². The van der Waals surface area contributed by atoms with Gasteiger partial charge in [-0.05, 0) is 54.7 Å². The predicted octanol–water partition coefficient (Wildman–Crippen LogP) is 3.69. The van der Waals surface area contributed by atoms with Crippen LogP contribution in [0.1, 0.15) is 34.3 Å². The Labute approximate surface area is 234 Å². The molecule has 2 aliphatic heterocycles. The molecule has 2 saturated heterocycles. The molecule has 2 heterocycles. The molecule has 5 rings (SSSR count). The van der Waals surface area contributed by atoms with Crippen molar-refractivity contribution in [2.45, 2.75) is 24.2 Å². The molecule has 0 aromatic heterocycles. The predicted molar refractivity (Wildman–Crippen MR) is 152 cm³/mol. The summed E-state index contributed by atoms with van der Waals surface area (Å²) in [5, 5.41) is 2.80. The molecule has 210 valence electrons. The molecule has 3 aromatic carbocycles. The summed E-state index contributed by atoms with van der Waals surface area (Å²) in [7, 11) is -3.75. The van der Waals surface area contributed by atoms with E-state index in [1.807, 2.05) is 42.5 Å². The first-order chi connectivity index (χ1) is 19.4. The van der Waals surface area contributed by atoms with Crippen LogP contribution in [0.25, 0.3) is 0 Å². The zero-order valence-electron chi connectivity index (χ0n) is 22.3. The van der Waals surface area contributed by atoms with Crippen molar-refractivity contribution in [3.63, 3.8) is 0 Å². The number of esters is 1. The van der Waals surface area contributed by atoms with E-state index in [2.05, 4.69) is 10.2 Å². The summed E-state index contributed by atoms with van der Waals surface area (Å²) in [5.41, 5.74) is 3.38. The molecule has 0 saturated carbocycles. The van der Waals surface area contributed by atoms with E-state index in [0.717, 1.165) is 42.7 Å². The Balaban J connectivity index is 1.30. The van der Waals surface area contributed by atoms with Gasteiger partial charge in [-0.25, -0.2) is 13.2 Å². The van der Waals surface area contributed by atoms with E-state index in [-0.39, 0.29) is 18.0 Å². The number of carbonyl (C=O) groups excluding carboxylic acids is 2. The summed E-state index contributed by atoms with van der Waals surface area (Å²) in [6, 6.07) is 21.8. The van der Waals surface area contributed by atoms with E-state index in [1.54, 1.807) is 24.3 Å². The lowest BCUT2D eigenvalue weighted by Crippen LogP contribution is -2.40. The van der Waals surface area contributed by atoms with Crippen molar-refractivity contribution >= 4 is 33.3 Å². The van der Waals surface area contributed by atoms with Crippen molar-refractivity contribution in [1.29, 1.82) is 0 Å². The quantitative estimate of drug-likeness (QED) is 0.396. The molecular weight excluding hydrogens is 530 g/mol. The SMILES string of the molecule is O=C(COC(=O)c1ccccc1Cc1ccccc1)Nc1cc(S(=O)(=O)N2CCOCC2)ccc1N1CCCC1. The van der Waals surface area contributed by atoms with Gasteiger partial charge in [0, 0.05) is 26.2 Å². The molecule has 9 nitrogen and oxygen atoms in total. The lowest BCUT2D eigenvalue weighted by molar-refractivity contribution is -0.119. The van der Waals surface area contributed by atoms with Crippen LogP contribution in [0.2, 0.25) is 0 Å². The van der Waals surface area contributed by atoms with Crippen molar-refractivity contribution in [1.82, 2.24) is 4.31 Å². The van der Waals surface area contributed by atoms with Crippen molar-refractivity contribution < 1.29 is 27.5 Å². The van der Waals surface area contributed by atoms with Crippen LogP contribution in [0.3, 0.4) is 0 Å². The molecule has 3 aromatic rings. The van der Waals surface area contributed by atoms with Crippen molar-refractivity contribution in [3.05, 3.63) is 89.5 Å². The van der Waals surface area contributed by atoms with Gasteiger partial charge in [0.1, 0.15) is 0 Å². The standard InChI is InChI=1S/C30H33N3O6S/c34-29(22-39-30(35)26-11-5-4-10-24(26)20-23-8-2-1-3-9-23)31-27-21-25(12-13-28(27)32-14-6-7-15-32)40(36,37)33-16-18-38-19-17-33/h1-5,8-13,21H,6-7,14-20,22H2,(H,31,34). The van der Waals surface area contributed by atoms with Crippen molar-refractivity contribution in [2.75, 3.05) is 56.2 Å². The molecule has 10 heteroatoms. The summed E-state index contributed by atoms with van der Waals surface area (Å²) >= 11 is 0. The average molecular weight is 564 g/mol. The first-order valence-corrected chi connectivity index (χ1v) is 14.9. The fourth-order valence-corrected chi connectivity index (χ4v) is 6.46. The van der Waals surface area contributed by atoms with Gasteiger partial charge in [-0.2, -0.15) is 4.31 Å². The van der Waals surface area contributed by atoms with Crippen LogP contribution in [0.15, 0.2) is 77.7 Å². The fourth-order valence-electron chi connectivity index (χ4n) is 5.03. The van der Waals surface area contributed by atoms with Crippen LogP contribution in [-0.4, -0.2) is 70.6 Å². The maximum Gasteiger partial charge on any atom is 0.338 e. The third-order valence-electron chi connectivity index (χ3n) is 7.11. The van der Waals surface area contributed by atoms with Crippen LogP contribution < -0.4 is 10.2 Å². The number of benzene rings is 3. The number of ether oxygens (including phenoxy) is 2. The number of hydrogen-bond acceptors (Lipinski definition) is 7. The summed E-state index contributed by atoms with van der Waals surface area (Å²) in [4.78, 5) is 28.1. The molecule has 0 aliphatic carbocycles. The number of carbonyl (C=O) groups is 2. The Hall–Kier alpha value is -3.73. The number of hydrogen-bond donors (Lipinski definition) is 1. The highest BCUT2D eigenvalue weighted by atomic mass is 32.2.